The van der Waals surface area contributed by atoms with Crippen LogP contribution in [0.5, 0.6) is 0 Å². The highest BCUT2D eigenvalue weighted by Gasteiger charge is 2.38. The molecule has 0 fully saturated rings. The Bertz CT molecular complexity index is 2970. The third-order valence-electron chi connectivity index (χ3n) is 12.0. The van der Waals surface area contributed by atoms with E-state index in [0.29, 0.717) is 0 Å². The van der Waals surface area contributed by atoms with E-state index in [1.165, 1.54) is 93.0 Å². The van der Waals surface area contributed by atoms with E-state index in [9.17, 15) is 0 Å². The molecule has 54 heavy (non-hydrogen) atoms. The second kappa shape index (κ2) is 12.0. The van der Waals surface area contributed by atoms with Gasteiger partial charge in [-0.15, -0.1) is 0 Å². The molecular weight excluding hydrogens is 672 g/mol. The molecule has 0 N–H and O–H groups in total. The number of anilines is 2. The summed E-state index contributed by atoms with van der Waals surface area (Å²) in [4.78, 5) is 2.55. The van der Waals surface area contributed by atoms with Crippen LogP contribution in [0.2, 0.25) is 0 Å². The SMILES string of the molecule is CC1(C)C2=CCN(c3ccc4c(c3)c3cc(-n5c6ccccc6c6ccccc65)ccc3p4-c3ccccc3)c3ccccc3CC=C2c2ccccc21. The van der Waals surface area contributed by atoms with Crippen LogP contribution in [0.4, 0.5) is 11.4 Å². The smallest absolute Gasteiger partial charge is 0.0541 e. The average molecular weight is 711 g/mol. The molecule has 2 aliphatic rings. The average Bonchev–Trinajstić information content (AvgIpc) is 3.82. The van der Waals surface area contributed by atoms with Gasteiger partial charge in [0.05, 0.1) is 11.0 Å². The maximum Gasteiger partial charge on any atom is 0.0541 e. The number of rotatable bonds is 3. The number of hydrogen-bond donors (Lipinski definition) is 0. The maximum absolute atomic E-state index is 2.55. The van der Waals surface area contributed by atoms with Crippen LogP contribution in [-0.2, 0) is 11.8 Å². The van der Waals surface area contributed by atoms with E-state index in [4.69, 9.17) is 0 Å². The number of benzene rings is 7. The van der Waals surface area contributed by atoms with Gasteiger partial charge in [0.25, 0.3) is 0 Å². The summed E-state index contributed by atoms with van der Waals surface area (Å²) in [7, 11) is -0.702. The Labute approximate surface area is 317 Å². The molecule has 3 heteroatoms. The predicted octanol–water partition coefficient (Wildman–Crippen LogP) is 14.1. The van der Waals surface area contributed by atoms with Crippen LogP contribution in [-0.4, -0.2) is 11.1 Å². The molecule has 11 rings (SSSR count). The number of hydrogen-bond acceptors (Lipinski definition) is 1. The Hall–Kier alpha value is -6.08. The first-order valence-electron chi connectivity index (χ1n) is 19.0. The molecule has 0 bridgehead atoms. The number of para-hydroxylation sites is 3. The maximum atomic E-state index is 2.55. The summed E-state index contributed by atoms with van der Waals surface area (Å²) in [6.07, 6.45) is 5.87. The van der Waals surface area contributed by atoms with Crippen LogP contribution in [0.1, 0.15) is 30.5 Å². The lowest BCUT2D eigenvalue weighted by Crippen LogP contribution is -2.21. The zero-order chi connectivity index (χ0) is 36.0. The molecule has 3 heterocycles. The minimum Gasteiger partial charge on any atom is -0.337 e. The van der Waals surface area contributed by atoms with Gasteiger partial charge in [-0.2, -0.15) is 0 Å². The van der Waals surface area contributed by atoms with Crippen molar-refractivity contribution in [3.8, 4) is 11.0 Å². The number of fused-ring (bicyclic) bond motifs is 10. The van der Waals surface area contributed by atoms with Gasteiger partial charge in [-0.05, 0) is 105 Å². The Kier molecular flexibility index (Phi) is 6.97. The standard InChI is InChI=1S/C51H39N2P/c1-51(2)44-20-10-7-17-38(44)39-27-24-34-14-6-11-21-46(34)52(31-30-45(39)51)35-25-28-49-42(32-35)43-33-36(26-29-50(43)54(49)37-15-4-3-5-16-37)53-47-22-12-8-18-40(47)41-19-9-13-23-48(41)53/h3-23,25-30,32-33H,24,31H2,1-2H3. The van der Waals surface area contributed by atoms with E-state index >= 15 is 0 Å². The van der Waals surface area contributed by atoms with E-state index in [2.05, 4.69) is 199 Å². The van der Waals surface area contributed by atoms with Crippen LogP contribution in [0, 0.1) is 0 Å². The highest BCUT2D eigenvalue weighted by Crippen LogP contribution is 2.56. The van der Waals surface area contributed by atoms with Gasteiger partial charge in [0, 0.05) is 50.0 Å². The lowest BCUT2D eigenvalue weighted by atomic mass is 9.82. The van der Waals surface area contributed by atoms with Crippen molar-refractivity contribution in [2.45, 2.75) is 25.7 Å². The molecule has 2 nitrogen and oxygen atoms in total. The minimum atomic E-state index is -0.702. The third kappa shape index (κ3) is 4.60. The summed E-state index contributed by atoms with van der Waals surface area (Å²) in [6.45, 7) is 5.57. The van der Waals surface area contributed by atoms with Gasteiger partial charge in [-0.3, -0.25) is 0 Å². The van der Waals surface area contributed by atoms with E-state index < -0.39 is 7.53 Å². The van der Waals surface area contributed by atoms with Crippen LogP contribution in [0.3, 0.4) is 0 Å². The zero-order valence-electron chi connectivity index (χ0n) is 30.5. The van der Waals surface area contributed by atoms with E-state index in [1.54, 1.807) is 0 Å². The lowest BCUT2D eigenvalue weighted by Gasteiger charge is -2.27. The summed E-state index contributed by atoms with van der Waals surface area (Å²) < 4.78 is 2.45. The molecule has 1 aliphatic carbocycles. The van der Waals surface area contributed by atoms with E-state index in [0.717, 1.165) is 13.0 Å². The monoisotopic (exact) mass is 710 g/mol. The number of nitrogens with zero attached hydrogens (tertiary/aromatic N) is 2. The van der Waals surface area contributed by atoms with Gasteiger partial charge in [0.2, 0.25) is 0 Å². The summed E-state index contributed by atoms with van der Waals surface area (Å²) in [5.74, 6) is 0. The fourth-order valence-corrected chi connectivity index (χ4v) is 12.1. The Morgan fingerprint density at radius 2 is 1.15 bits per heavy atom. The largest absolute Gasteiger partial charge is 0.337 e. The topological polar surface area (TPSA) is 8.17 Å². The molecule has 0 radical (unpaired) electrons. The Balaban J connectivity index is 1.14. The third-order valence-corrected chi connectivity index (χ3v) is 14.6. The van der Waals surface area contributed by atoms with Crippen LogP contribution < -0.4 is 4.90 Å². The van der Waals surface area contributed by atoms with Crippen LogP contribution in [0.25, 0.3) is 59.4 Å². The number of aromatic nitrogens is 1. The molecule has 0 saturated heterocycles. The van der Waals surface area contributed by atoms with Crippen molar-refractivity contribution >= 4 is 67.3 Å². The van der Waals surface area contributed by atoms with Crippen molar-refractivity contribution in [1.82, 2.24) is 4.57 Å². The Morgan fingerprint density at radius 3 is 1.91 bits per heavy atom. The summed E-state index contributed by atoms with van der Waals surface area (Å²) in [5, 5.41) is 9.51. The second-order valence-electron chi connectivity index (χ2n) is 15.3. The van der Waals surface area contributed by atoms with Crippen molar-refractivity contribution < 1.29 is 0 Å². The van der Waals surface area contributed by atoms with Crippen molar-refractivity contribution in [2.24, 2.45) is 0 Å². The minimum absolute atomic E-state index is 0.0593. The van der Waals surface area contributed by atoms with Crippen LogP contribution >= 0.6 is 7.53 Å². The Morgan fingerprint density at radius 1 is 0.537 bits per heavy atom. The first-order valence-corrected chi connectivity index (χ1v) is 20.4. The summed E-state index contributed by atoms with van der Waals surface area (Å²) in [6, 6.07) is 61.3. The highest BCUT2D eigenvalue weighted by molar-refractivity contribution is 7.67. The fraction of sp³-hybridized carbons (Fsp3) is 0.0980. The first-order chi connectivity index (χ1) is 26.6. The normalized spacial score (nSPS) is 15.4. The molecule has 2 aromatic heterocycles. The van der Waals surface area contributed by atoms with Gasteiger partial charge in [-0.1, -0.05) is 143 Å². The predicted molar refractivity (Wildman–Crippen MR) is 233 cm³/mol. The molecule has 258 valence electrons. The molecule has 9 aromatic rings. The first kappa shape index (κ1) is 31.4. The molecule has 1 aliphatic heterocycles. The molecule has 0 saturated carbocycles. The van der Waals surface area contributed by atoms with Gasteiger partial charge in [0.15, 0.2) is 0 Å². The summed E-state index contributed by atoms with van der Waals surface area (Å²) >= 11 is 0. The summed E-state index contributed by atoms with van der Waals surface area (Å²) in [5.41, 5.74) is 13.1. The second-order valence-corrected chi connectivity index (χ2v) is 17.4. The fourth-order valence-electron chi connectivity index (χ4n) is 9.52. The van der Waals surface area contributed by atoms with E-state index in [1.807, 2.05) is 0 Å². The zero-order valence-corrected chi connectivity index (χ0v) is 31.4. The molecule has 1 unspecified atom stereocenters. The van der Waals surface area contributed by atoms with Crippen molar-refractivity contribution in [2.75, 3.05) is 11.4 Å². The van der Waals surface area contributed by atoms with Crippen molar-refractivity contribution in [1.29, 1.82) is 0 Å². The lowest BCUT2D eigenvalue weighted by molar-refractivity contribution is 0.658. The molecule has 0 spiro atoms. The highest BCUT2D eigenvalue weighted by atomic mass is 31.1. The van der Waals surface area contributed by atoms with Crippen LogP contribution in [0.15, 0.2) is 182 Å². The van der Waals surface area contributed by atoms with Crippen molar-refractivity contribution in [3.63, 3.8) is 0 Å². The van der Waals surface area contributed by atoms with Gasteiger partial charge in [0.1, 0.15) is 0 Å². The molecular formula is C51H39N2P. The van der Waals surface area contributed by atoms with Gasteiger partial charge in [-0.25, -0.2) is 0 Å². The van der Waals surface area contributed by atoms with Gasteiger partial charge >= 0.3 is 0 Å². The van der Waals surface area contributed by atoms with Crippen molar-refractivity contribution in [3.05, 3.63) is 198 Å². The quantitative estimate of drug-likeness (QED) is 0.177. The number of allylic oxidation sites excluding steroid dienone is 3. The molecule has 0 amide bonds. The van der Waals surface area contributed by atoms with Gasteiger partial charge < -0.3 is 9.47 Å². The van der Waals surface area contributed by atoms with E-state index in [-0.39, 0.29) is 5.41 Å². The molecule has 7 aromatic carbocycles. The molecule has 1 atom stereocenters.